The number of likely N-dealkylation sites (tertiary alicyclic amines) is 1. The third kappa shape index (κ3) is 4.03. The molecule has 1 radical (unpaired) electrons. The van der Waals surface area contributed by atoms with Crippen molar-refractivity contribution in [3.05, 3.63) is 41.8 Å². The van der Waals surface area contributed by atoms with Gasteiger partial charge in [0.05, 0.1) is 6.04 Å². The summed E-state index contributed by atoms with van der Waals surface area (Å²) >= 11 is 0. The monoisotopic (exact) mass is 291 g/mol. The lowest BCUT2D eigenvalue weighted by Crippen LogP contribution is -2.46. The summed E-state index contributed by atoms with van der Waals surface area (Å²) in [5.74, 6) is 0.743. The summed E-state index contributed by atoms with van der Waals surface area (Å²) in [4.78, 5) is 14.3. The molecule has 1 aliphatic rings. The first-order valence-electron chi connectivity index (χ1n) is 7.47. The second-order valence-corrected chi connectivity index (χ2v) is 6.24. The molecule has 1 amide bonds. The smallest absolute Gasteiger partial charge is 0.259 e. The van der Waals surface area contributed by atoms with Gasteiger partial charge in [0, 0.05) is 26.1 Å². The Morgan fingerprint density at radius 2 is 2.05 bits per heavy atom. The minimum atomic E-state index is -1.77. The van der Waals surface area contributed by atoms with Crippen LogP contribution in [-0.2, 0) is 4.79 Å². The number of hydrogen-bond acceptors (Lipinski definition) is 2. The summed E-state index contributed by atoms with van der Waals surface area (Å²) in [6, 6.07) is 9.45. The van der Waals surface area contributed by atoms with Gasteiger partial charge < -0.3 is 5.32 Å². The van der Waals surface area contributed by atoms with Gasteiger partial charge in [-0.3, -0.25) is 9.69 Å². The van der Waals surface area contributed by atoms with E-state index in [1.165, 1.54) is 5.92 Å². The zero-order valence-electron chi connectivity index (χ0n) is 13.0. The van der Waals surface area contributed by atoms with Crippen LogP contribution in [0.15, 0.2) is 30.3 Å². The third-order valence-corrected chi connectivity index (χ3v) is 3.89. The summed E-state index contributed by atoms with van der Waals surface area (Å²) in [6.45, 7) is 7.51. The molecular weight excluding hydrogens is 267 g/mol. The van der Waals surface area contributed by atoms with Crippen molar-refractivity contribution in [2.24, 2.45) is 0 Å². The minimum absolute atomic E-state index is 0.181. The number of hydrogen-bond donors (Lipinski definition) is 1. The molecule has 0 bridgehead atoms. The second-order valence-electron chi connectivity index (χ2n) is 6.24. The van der Waals surface area contributed by atoms with Gasteiger partial charge in [0.15, 0.2) is 0 Å². The van der Waals surface area contributed by atoms with E-state index in [0.717, 1.165) is 12.1 Å². The quantitative estimate of drug-likeness (QED) is 0.904. The SMILES string of the molecule is C[C](C)CN1CC[C@](F)(C(=O)N[C@H](C)c2ccccc2)C1. The molecule has 21 heavy (non-hydrogen) atoms. The molecule has 0 unspecified atom stereocenters. The van der Waals surface area contributed by atoms with Crippen molar-refractivity contribution in [1.82, 2.24) is 10.2 Å². The molecule has 3 nitrogen and oxygen atoms in total. The van der Waals surface area contributed by atoms with Crippen LogP contribution in [0, 0.1) is 5.92 Å². The predicted molar refractivity (Wildman–Crippen MR) is 82.5 cm³/mol. The first-order valence-corrected chi connectivity index (χ1v) is 7.47. The van der Waals surface area contributed by atoms with E-state index in [1.807, 2.05) is 56.0 Å². The van der Waals surface area contributed by atoms with E-state index in [-0.39, 0.29) is 19.0 Å². The Kier molecular flexibility index (Phi) is 4.99. The van der Waals surface area contributed by atoms with Gasteiger partial charge in [-0.05, 0) is 18.4 Å². The van der Waals surface area contributed by atoms with E-state index < -0.39 is 11.6 Å². The Balaban J connectivity index is 1.94. The number of nitrogens with zero attached hydrogens (tertiary/aromatic N) is 1. The zero-order chi connectivity index (χ0) is 15.5. The fraction of sp³-hybridized carbons (Fsp3) is 0.529. The summed E-state index contributed by atoms with van der Waals surface area (Å²) in [6.07, 6.45) is 0.271. The number of alkyl halides is 1. The maximum absolute atomic E-state index is 14.8. The third-order valence-electron chi connectivity index (χ3n) is 3.89. The summed E-state index contributed by atoms with van der Waals surface area (Å²) < 4.78 is 14.8. The van der Waals surface area contributed by atoms with Crippen LogP contribution in [-0.4, -0.2) is 36.1 Å². The van der Waals surface area contributed by atoms with Gasteiger partial charge in [-0.25, -0.2) is 4.39 Å². The van der Waals surface area contributed by atoms with Crippen molar-refractivity contribution < 1.29 is 9.18 Å². The van der Waals surface area contributed by atoms with Crippen LogP contribution in [0.1, 0.15) is 38.8 Å². The number of rotatable bonds is 5. The van der Waals surface area contributed by atoms with Gasteiger partial charge in [-0.1, -0.05) is 44.2 Å². The molecule has 1 saturated heterocycles. The molecule has 0 saturated carbocycles. The predicted octanol–water partition coefficient (Wildman–Crippen LogP) is 2.89. The molecule has 2 atom stereocenters. The molecule has 1 aromatic carbocycles. The Hall–Kier alpha value is -1.42. The topological polar surface area (TPSA) is 32.3 Å². The van der Waals surface area contributed by atoms with Crippen molar-refractivity contribution in [2.45, 2.75) is 38.9 Å². The Morgan fingerprint density at radius 3 is 2.67 bits per heavy atom. The minimum Gasteiger partial charge on any atom is -0.347 e. The number of carbonyl (C=O) groups excluding carboxylic acids is 1. The van der Waals surface area contributed by atoms with E-state index in [0.29, 0.717) is 6.54 Å². The van der Waals surface area contributed by atoms with E-state index in [2.05, 4.69) is 5.32 Å². The average molecular weight is 291 g/mol. The van der Waals surface area contributed by atoms with Crippen LogP contribution in [0.25, 0.3) is 0 Å². The highest BCUT2D eigenvalue weighted by atomic mass is 19.1. The van der Waals surface area contributed by atoms with Crippen molar-refractivity contribution >= 4 is 5.91 Å². The first kappa shape index (κ1) is 16.0. The van der Waals surface area contributed by atoms with Crippen LogP contribution in [0.2, 0.25) is 0 Å². The van der Waals surface area contributed by atoms with Crippen molar-refractivity contribution in [2.75, 3.05) is 19.6 Å². The highest BCUT2D eigenvalue weighted by Crippen LogP contribution is 2.27. The number of carbonyl (C=O) groups is 1. The van der Waals surface area contributed by atoms with Crippen LogP contribution in [0.3, 0.4) is 0 Å². The molecule has 4 heteroatoms. The Morgan fingerprint density at radius 1 is 1.38 bits per heavy atom. The lowest BCUT2D eigenvalue weighted by molar-refractivity contribution is -0.132. The number of benzene rings is 1. The largest absolute Gasteiger partial charge is 0.347 e. The first-order chi connectivity index (χ1) is 9.90. The molecule has 1 N–H and O–H groups in total. The van der Waals surface area contributed by atoms with Crippen LogP contribution < -0.4 is 5.32 Å². The molecule has 1 aliphatic heterocycles. The normalized spacial score (nSPS) is 24.2. The van der Waals surface area contributed by atoms with Gasteiger partial charge in [0.1, 0.15) is 0 Å². The van der Waals surface area contributed by atoms with Crippen molar-refractivity contribution in [1.29, 1.82) is 0 Å². The molecule has 1 heterocycles. The van der Waals surface area contributed by atoms with E-state index >= 15 is 0 Å². The molecular formula is C17H24FN2O. The van der Waals surface area contributed by atoms with E-state index in [4.69, 9.17) is 0 Å². The van der Waals surface area contributed by atoms with Crippen LogP contribution in [0.4, 0.5) is 4.39 Å². The number of amides is 1. The van der Waals surface area contributed by atoms with E-state index in [1.54, 1.807) is 0 Å². The molecule has 0 aliphatic carbocycles. The average Bonchev–Trinajstić information content (AvgIpc) is 2.81. The highest BCUT2D eigenvalue weighted by Gasteiger charge is 2.45. The Labute approximate surface area is 126 Å². The molecule has 0 spiro atoms. The second kappa shape index (κ2) is 6.56. The molecule has 1 aromatic rings. The standard InChI is InChI=1S/C17H24FN2O/c1-13(2)11-20-10-9-17(18,12-20)16(21)19-14(3)15-7-5-4-6-8-15/h4-8,14H,9-12H2,1-3H3,(H,19,21)/t14-,17-/m1/s1. The lowest BCUT2D eigenvalue weighted by Gasteiger charge is -2.23. The molecule has 115 valence electrons. The van der Waals surface area contributed by atoms with Gasteiger partial charge in [0.25, 0.3) is 5.91 Å². The summed E-state index contributed by atoms with van der Waals surface area (Å²) in [5, 5.41) is 2.81. The highest BCUT2D eigenvalue weighted by molar-refractivity contribution is 5.86. The van der Waals surface area contributed by atoms with Gasteiger partial charge in [-0.15, -0.1) is 0 Å². The summed E-state index contributed by atoms with van der Waals surface area (Å²) in [7, 11) is 0. The Bertz CT molecular complexity index is 477. The number of halogens is 1. The molecule has 2 rings (SSSR count). The fourth-order valence-corrected chi connectivity index (χ4v) is 2.77. The molecule has 1 fully saturated rings. The van der Waals surface area contributed by atoms with Crippen molar-refractivity contribution in [3.8, 4) is 0 Å². The zero-order valence-corrected chi connectivity index (χ0v) is 13.0. The summed E-state index contributed by atoms with van der Waals surface area (Å²) in [5.41, 5.74) is -0.777. The maximum atomic E-state index is 14.8. The fourth-order valence-electron chi connectivity index (χ4n) is 2.77. The molecule has 0 aromatic heterocycles. The van der Waals surface area contributed by atoms with Crippen LogP contribution >= 0.6 is 0 Å². The lowest BCUT2D eigenvalue weighted by atomic mass is 10.0. The van der Waals surface area contributed by atoms with E-state index in [9.17, 15) is 9.18 Å². The number of nitrogens with one attached hydrogen (secondary N) is 1. The van der Waals surface area contributed by atoms with Gasteiger partial charge in [0.2, 0.25) is 5.67 Å². The maximum Gasteiger partial charge on any atom is 0.259 e. The van der Waals surface area contributed by atoms with Gasteiger partial charge >= 0.3 is 0 Å². The van der Waals surface area contributed by atoms with Gasteiger partial charge in [-0.2, -0.15) is 0 Å². The van der Waals surface area contributed by atoms with Crippen molar-refractivity contribution in [3.63, 3.8) is 0 Å². The van der Waals surface area contributed by atoms with Crippen LogP contribution in [0.5, 0.6) is 0 Å².